The third kappa shape index (κ3) is 2.98. The first kappa shape index (κ1) is 15.0. The number of aliphatic carboxylic acids is 1. The van der Waals surface area contributed by atoms with Crippen molar-refractivity contribution in [2.24, 2.45) is 5.92 Å². The van der Waals surface area contributed by atoms with E-state index in [9.17, 15) is 14.7 Å². The maximum absolute atomic E-state index is 12.5. The smallest absolute Gasteiger partial charge is 0.308 e. The third-order valence-electron chi connectivity index (χ3n) is 4.27. The lowest BCUT2D eigenvalue weighted by atomic mass is 9.89. The van der Waals surface area contributed by atoms with Gasteiger partial charge in [0.1, 0.15) is 0 Å². The Morgan fingerprint density at radius 3 is 2.55 bits per heavy atom. The van der Waals surface area contributed by atoms with Crippen LogP contribution in [-0.2, 0) is 19.1 Å². The summed E-state index contributed by atoms with van der Waals surface area (Å²) in [5, 5.41) is 9.46. The molecule has 0 saturated carbocycles. The van der Waals surface area contributed by atoms with Crippen molar-refractivity contribution in [3.63, 3.8) is 0 Å². The highest BCUT2D eigenvalue weighted by molar-refractivity contribution is 5.83. The molecule has 3 rings (SSSR count). The van der Waals surface area contributed by atoms with Gasteiger partial charge in [-0.05, 0) is 5.56 Å². The van der Waals surface area contributed by atoms with E-state index in [1.165, 1.54) is 0 Å². The molecule has 1 N–H and O–H groups in total. The van der Waals surface area contributed by atoms with Crippen LogP contribution in [0.5, 0.6) is 0 Å². The van der Waals surface area contributed by atoms with Gasteiger partial charge in [-0.25, -0.2) is 0 Å². The summed E-state index contributed by atoms with van der Waals surface area (Å²) in [7, 11) is 0. The highest BCUT2D eigenvalue weighted by atomic mass is 16.6. The maximum atomic E-state index is 12.5. The fourth-order valence-corrected chi connectivity index (χ4v) is 3.11. The van der Waals surface area contributed by atoms with Gasteiger partial charge in [-0.3, -0.25) is 9.59 Å². The lowest BCUT2D eigenvalue weighted by Gasteiger charge is -2.26. The van der Waals surface area contributed by atoms with Crippen LogP contribution in [0.1, 0.15) is 11.5 Å². The maximum Gasteiger partial charge on any atom is 0.308 e. The number of hydrogen-bond donors (Lipinski definition) is 1. The predicted octanol–water partition coefficient (Wildman–Crippen LogP) is 0.729. The number of rotatable bonds is 3. The Morgan fingerprint density at radius 1 is 1.14 bits per heavy atom. The predicted molar refractivity (Wildman–Crippen MR) is 77.4 cm³/mol. The van der Waals surface area contributed by atoms with Crippen LogP contribution in [0.25, 0.3) is 0 Å². The molecule has 1 aromatic rings. The molecular formula is C16H19NO5. The Labute approximate surface area is 128 Å². The lowest BCUT2D eigenvalue weighted by molar-refractivity contribution is -0.157. The largest absolute Gasteiger partial charge is 0.481 e. The van der Waals surface area contributed by atoms with Gasteiger partial charge in [0.2, 0.25) is 0 Å². The molecule has 2 fully saturated rings. The van der Waals surface area contributed by atoms with Crippen molar-refractivity contribution in [1.82, 2.24) is 4.90 Å². The van der Waals surface area contributed by atoms with Crippen molar-refractivity contribution < 1.29 is 24.2 Å². The van der Waals surface area contributed by atoms with Crippen LogP contribution < -0.4 is 0 Å². The summed E-state index contributed by atoms with van der Waals surface area (Å²) < 4.78 is 10.7. The van der Waals surface area contributed by atoms with Gasteiger partial charge < -0.3 is 19.5 Å². The van der Waals surface area contributed by atoms with Gasteiger partial charge in [0.05, 0.1) is 25.7 Å². The topological polar surface area (TPSA) is 76.1 Å². The number of amides is 1. The molecule has 6 nitrogen and oxygen atoms in total. The zero-order chi connectivity index (χ0) is 15.5. The second-order valence-electron chi connectivity index (χ2n) is 5.64. The minimum absolute atomic E-state index is 0.176. The molecular weight excluding hydrogens is 286 g/mol. The quantitative estimate of drug-likeness (QED) is 0.891. The fourth-order valence-electron chi connectivity index (χ4n) is 3.11. The van der Waals surface area contributed by atoms with Crippen LogP contribution in [0, 0.1) is 5.92 Å². The summed E-state index contributed by atoms with van der Waals surface area (Å²) in [6.07, 6.45) is -0.613. The van der Waals surface area contributed by atoms with Gasteiger partial charge in [-0.15, -0.1) is 0 Å². The molecule has 3 unspecified atom stereocenters. The number of hydrogen-bond acceptors (Lipinski definition) is 4. The molecule has 0 bridgehead atoms. The Hall–Kier alpha value is -1.92. The highest BCUT2D eigenvalue weighted by Crippen LogP contribution is 2.33. The molecule has 0 radical (unpaired) electrons. The van der Waals surface area contributed by atoms with Gasteiger partial charge >= 0.3 is 5.97 Å². The van der Waals surface area contributed by atoms with Crippen molar-refractivity contribution in [2.45, 2.75) is 12.0 Å². The normalized spacial score (nSPS) is 28.5. The van der Waals surface area contributed by atoms with E-state index in [1.807, 2.05) is 30.3 Å². The molecule has 0 aromatic heterocycles. The average Bonchev–Trinajstić information content (AvgIpc) is 3.01. The van der Waals surface area contributed by atoms with E-state index >= 15 is 0 Å². The summed E-state index contributed by atoms with van der Waals surface area (Å²) >= 11 is 0. The molecule has 2 aliphatic rings. The van der Waals surface area contributed by atoms with Crippen molar-refractivity contribution >= 4 is 11.9 Å². The van der Waals surface area contributed by atoms with Gasteiger partial charge in [0.25, 0.3) is 5.91 Å². The molecule has 118 valence electrons. The van der Waals surface area contributed by atoms with E-state index in [4.69, 9.17) is 9.47 Å². The van der Waals surface area contributed by atoms with Gasteiger partial charge in [-0.2, -0.15) is 0 Å². The number of likely N-dealkylation sites (tertiary alicyclic amines) is 1. The minimum Gasteiger partial charge on any atom is -0.481 e. The molecule has 2 saturated heterocycles. The number of carboxylic acids is 1. The lowest BCUT2D eigenvalue weighted by Crippen LogP contribution is -2.44. The molecule has 0 aliphatic carbocycles. The first-order valence-electron chi connectivity index (χ1n) is 7.42. The monoisotopic (exact) mass is 305 g/mol. The van der Waals surface area contributed by atoms with E-state index in [1.54, 1.807) is 4.90 Å². The Bertz CT molecular complexity index is 541. The molecule has 6 heteroatoms. The van der Waals surface area contributed by atoms with E-state index in [0.29, 0.717) is 19.8 Å². The minimum atomic E-state index is -0.870. The molecule has 1 amide bonds. The number of carbonyl (C=O) groups excluding carboxylic acids is 1. The summed E-state index contributed by atoms with van der Waals surface area (Å²) in [6, 6.07) is 9.49. The van der Waals surface area contributed by atoms with Crippen LogP contribution >= 0.6 is 0 Å². The molecule has 1 aromatic carbocycles. The Balaban J connectivity index is 1.75. The standard InChI is InChI=1S/C16H19NO5/c18-15(14-10-21-6-7-22-14)17-8-12(13(9-17)16(19)20)11-4-2-1-3-5-11/h1-5,12-14H,6-10H2,(H,19,20). The molecule has 2 aliphatic heterocycles. The van der Waals surface area contributed by atoms with Gasteiger partial charge in [-0.1, -0.05) is 30.3 Å². The number of benzene rings is 1. The second kappa shape index (κ2) is 6.46. The zero-order valence-corrected chi connectivity index (χ0v) is 12.2. The van der Waals surface area contributed by atoms with E-state index in [2.05, 4.69) is 0 Å². The Morgan fingerprint density at radius 2 is 1.91 bits per heavy atom. The molecule has 22 heavy (non-hydrogen) atoms. The molecule has 3 atom stereocenters. The van der Waals surface area contributed by atoms with Gasteiger partial charge in [0.15, 0.2) is 6.10 Å². The third-order valence-corrected chi connectivity index (χ3v) is 4.27. The number of ether oxygens (including phenoxy) is 2. The highest BCUT2D eigenvalue weighted by Gasteiger charge is 2.42. The summed E-state index contributed by atoms with van der Waals surface area (Å²) in [4.78, 5) is 25.6. The fraction of sp³-hybridized carbons (Fsp3) is 0.500. The Kier molecular flexibility index (Phi) is 4.40. The van der Waals surface area contributed by atoms with Crippen molar-refractivity contribution in [3.8, 4) is 0 Å². The average molecular weight is 305 g/mol. The number of nitrogens with zero attached hydrogens (tertiary/aromatic N) is 1. The summed E-state index contributed by atoms with van der Waals surface area (Å²) in [5.41, 5.74) is 0.950. The number of carboxylic acid groups (broad SMARTS) is 1. The first-order valence-corrected chi connectivity index (χ1v) is 7.42. The van der Waals surface area contributed by atoms with Crippen molar-refractivity contribution in [1.29, 1.82) is 0 Å². The second-order valence-corrected chi connectivity index (χ2v) is 5.64. The SMILES string of the molecule is O=C(O)C1CN(C(=O)C2COCCO2)CC1c1ccccc1. The van der Waals surface area contributed by atoms with E-state index in [-0.39, 0.29) is 25.0 Å². The van der Waals surface area contributed by atoms with E-state index in [0.717, 1.165) is 5.56 Å². The molecule has 2 heterocycles. The van der Waals surface area contributed by atoms with Crippen LogP contribution in [0.4, 0.5) is 0 Å². The van der Waals surface area contributed by atoms with Gasteiger partial charge in [0, 0.05) is 19.0 Å². The van der Waals surface area contributed by atoms with Crippen LogP contribution in [0.2, 0.25) is 0 Å². The van der Waals surface area contributed by atoms with Crippen molar-refractivity contribution in [2.75, 3.05) is 32.9 Å². The summed E-state index contributed by atoms with van der Waals surface area (Å²) in [6.45, 7) is 1.75. The van der Waals surface area contributed by atoms with Crippen LogP contribution in [-0.4, -0.2) is 60.9 Å². The number of carbonyl (C=O) groups is 2. The first-order chi connectivity index (χ1) is 10.7. The van der Waals surface area contributed by atoms with E-state index < -0.39 is 18.0 Å². The molecule has 0 spiro atoms. The van der Waals surface area contributed by atoms with Crippen LogP contribution in [0.3, 0.4) is 0 Å². The van der Waals surface area contributed by atoms with Crippen molar-refractivity contribution in [3.05, 3.63) is 35.9 Å². The summed E-state index contributed by atoms with van der Waals surface area (Å²) in [5.74, 6) is -1.82. The van der Waals surface area contributed by atoms with Crippen LogP contribution in [0.15, 0.2) is 30.3 Å². The zero-order valence-electron chi connectivity index (χ0n) is 12.2.